The lowest BCUT2D eigenvalue weighted by atomic mass is 10.1. The van der Waals surface area contributed by atoms with Crippen LogP contribution in [0, 0.1) is 11.3 Å². The molecule has 0 aliphatic carbocycles. The van der Waals surface area contributed by atoms with Gasteiger partial charge in [-0.15, -0.1) is 0 Å². The van der Waals surface area contributed by atoms with Crippen LogP contribution in [-0.4, -0.2) is 18.5 Å². The molecule has 0 N–H and O–H groups in total. The summed E-state index contributed by atoms with van der Waals surface area (Å²) in [5.41, 5.74) is 1.98. The van der Waals surface area contributed by atoms with Crippen LogP contribution in [0.3, 0.4) is 0 Å². The zero-order chi connectivity index (χ0) is 13.9. The summed E-state index contributed by atoms with van der Waals surface area (Å²) in [7, 11) is 2.16. The van der Waals surface area contributed by atoms with Gasteiger partial charge in [0.15, 0.2) is 0 Å². The summed E-state index contributed by atoms with van der Waals surface area (Å²) in [5.74, 6) is 0. The van der Waals surface area contributed by atoms with Crippen LogP contribution in [-0.2, 0) is 6.54 Å². The van der Waals surface area contributed by atoms with Crippen molar-refractivity contribution < 1.29 is 0 Å². The highest BCUT2D eigenvalue weighted by Crippen LogP contribution is 2.09. The number of hydrogen-bond donors (Lipinski definition) is 0. The molecule has 0 fully saturated rings. The zero-order valence-electron chi connectivity index (χ0n) is 12.4. The second-order valence-electron chi connectivity index (χ2n) is 5.32. The van der Waals surface area contributed by atoms with Gasteiger partial charge in [-0.25, -0.2) is 0 Å². The smallest absolute Gasteiger partial charge is 0.0991 e. The van der Waals surface area contributed by atoms with Crippen LogP contribution in [0.5, 0.6) is 0 Å². The lowest BCUT2D eigenvalue weighted by Crippen LogP contribution is -2.19. The van der Waals surface area contributed by atoms with Gasteiger partial charge in [0.1, 0.15) is 0 Å². The third-order valence-corrected chi connectivity index (χ3v) is 3.40. The fourth-order valence-corrected chi connectivity index (χ4v) is 2.29. The molecular weight excluding hydrogens is 232 g/mol. The number of nitrogens with zero attached hydrogens (tertiary/aromatic N) is 2. The van der Waals surface area contributed by atoms with E-state index in [9.17, 15) is 0 Å². The van der Waals surface area contributed by atoms with Crippen molar-refractivity contribution in [2.75, 3.05) is 13.6 Å². The average Bonchev–Trinajstić information content (AvgIpc) is 2.43. The second kappa shape index (κ2) is 9.58. The van der Waals surface area contributed by atoms with E-state index in [2.05, 4.69) is 31.0 Å². The van der Waals surface area contributed by atoms with Gasteiger partial charge in [0.05, 0.1) is 11.6 Å². The molecule has 1 rings (SSSR count). The fourth-order valence-electron chi connectivity index (χ4n) is 2.29. The van der Waals surface area contributed by atoms with Gasteiger partial charge >= 0.3 is 0 Å². The van der Waals surface area contributed by atoms with Gasteiger partial charge in [-0.05, 0) is 37.7 Å². The van der Waals surface area contributed by atoms with Crippen molar-refractivity contribution in [1.82, 2.24) is 4.90 Å². The minimum Gasteiger partial charge on any atom is -0.302 e. The highest BCUT2D eigenvalue weighted by Gasteiger charge is 2.01. The van der Waals surface area contributed by atoms with Crippen LogP contribution >= 0.6 is 0 Å². The van der Waals surface area contributed by atoms with Crippen molar-refractivity contribution in [2.24, 2.45) is 0 Å². The molecule has 0 spiro atoms. The molecule has 2 heteroatoms. The molecule has 0 aromatic heterocycles. The Balaban J connectivity index is 2.20. The van der Waals surface area contributed by atoms with E-state index in [-0.39, 0.29) is 0 Å². The van der Waals surface area contributed by atoms with E-state index in [1.165, 1.54) is 44.1 Å². The third-order valence-electron chi connectivity index (χ3n) is 3.40. The Bertz CT molecular complexity index is 392. The normalized spacial score (nSPS) is 10.6. The molecule has 19 heavy (non-hydrogen) atoms. The van der Waals surface area contributed by atoms with Gasteiger partial charge in [-0.3, -0.25) is 0 Å². The van der Waals surface area contributed by atoms with Gasteiger partial charge < -0.3 is 4.90 Å². The van der Waals surface area contributed by atoms with Crippen molar-refractivity contribution in [3.05, 3.63) is 35.4 Å². The lowest BCUT2D eigenvalue weighted by Gasteiger charge is -2.16. The first-order valence-corrected chi connectivity index (χ1v) is 7.44. The molecule has 0 saturated heterocycles. The van der Waals surface area contributed by atoms with Crippen molar-refractivity contribution in [3.63, 3.8) is 0 Å². The standard InChI is InChI=1S/C17H26N2/c1-3-4-5-6-7-8-12-19(2)15-17-11-9-10-16(13-17)14-18/h9-11,13H,3-8,12,15H2,1-2H3. The number of nitriles is 1. The Kier molecular flexibility index (Phi) is 7.93. The van der Waals surface area contributed by atoms with E-state index >= 15 is 0 Å². The van der Waals surface area contributed by atoms with Gasteiger partial charge in [-0.1, -0.05) is 51.2 Å². The van der Waals surface area contributed by atoms with Gasteiger partial charge in [-0.2, -0.15) is 5.26 Å². The molecule has 0 bridgehead atoms. The number of benzene rings is 1. The molecule has 104 valence electrons. The minimum atomic E-state index is 0.755. The van der Waals surface area contributed by atoms with Gasteiger partial charge in [0, 0.05) is 6.54 Å². The van der Waals surface area contributed by atoms with E-state index in [4.69, 9.17) is 5.26 Å². The maximum absolute atomic E-state index is 8.88. The number of rotatable bonds is 9. The fraction of sp³-hybridized carbons (Fsp3) is 0.588. The summed E-state index contributed by atoms with van der Waals surface area (Å²) in [6, 6.07) is 10.1. The van der Waals surface area contributed by atoms with Crippen molar-refractivity contribution in [1.29, 1.82) is 5.26 Å². The molecule has 0 aliphatic heterocycles. The topological polar surface area (TPSA) is 27.0 Å². The summed E-state index contributed by atoms with van der Waals surface area (Å²) in [4.78, 5) is 2.34. The van der Waals surface area contributed by atoms with Crippen molar-refractivity contribution in [3.8, 4) is 6.07 Å². The molecule has 1 aromatic rings. The minimum absolute atomic E-state index is 0.755. The molecule has 2 nitrogen and oxygen atoms in total. The van der Waals surface area contributed by atoms with E-state index < -0.39 is 0 Å². The first-order chi connectivity index (χ1) is 9.26. The molecular formula is C17H26N2. The first kappa shape index (κ1) is 15.7. The maximum atomic E-state index is 8.88. The van der Waals surface area contributed by atoms with Gasteiger partial charge in [0.25, 0.3) is 0 Å². The molecule has 1 aromatic carbocycles. The third kappa shape index (κ3) is 6.98. The molecule has 0 amide bonds. The van der Waals surface area contributed by atoms with E-state index in [1.807, 2.05) is 18.2 Å². The summed E-state index contributed by atoms with van der Waals surface area (Å²) in [6.45, 7) is 4.33. The molecule has 0 radical (unpaired) electrons. The second-order valence-corrected chi connectivity index (χ2v) is 5.32. The predicted molar refractivity (Wildman–Crippen MR) is 80.9 cm³/mol. The summed E-state index contributed by atoms with van der Waals surface area (Å²) >= 11 is 0. The van der Waals surface area contributed by atoms with Crippen molar-refractivity contribution in [2.45, 2.75) is 52.0 Å². The SMILES string of the molecule is CCCCCCCCN(C)Cc1cccc(C#N)c1. The Morgan fingerprint density at radius 1 is 1.11 bits per heavy atom. The average molecular weight is 258 g/mol. The summed E-state index contributed by atoms with van der Waals surface area (Å²) in [6.07, 6.45) is 8.04. The molecule has 0 aliphatic rings. The quantitative estimate of drug-likeness (QED) is 0.616. The van der Waals surface area contributed by atoms with E-state index in [0.717, 1.165) is 18.7 Å². The monoisotopic (exact) mass is 258 g/mol. The zero-order valence-corrected chi connectivity index (χ0v) is 12.4. The summed E-state index contributed by atoms with van der Waals surface area (Å²) in [5, 5.41) is 8.88. The van der Waals surface area contributed by atoms with Crippen LogP contribution < -0.4 is 0 Å². The molecule has 0 atom stereocenters. The van der Waals surface area contributed by atoms with Crippen LogP contribution in [0.2, 0.25) is 0 Å². The lowest BCUT2D eigenvalue weighted by molar-refractivity contribution is 0.316. The van der Waals surface area contributed by atoms with Crippen LogP contribution in [0.25, 0.3) is 0 Å². The van der Waals surface area contributed by atoms with Crippen LogP contribution in [0.15, 0.2) is 24.3 Å². The first-order valence-electron chi connectivity index (χ1n) is 7.44. The van der Waals surface area contributed by atoms with E-state index in [0.29, 0.717) is 0 Å². The highest BCUT2D eigenvalue weighted by molar-refractivity contribution is 5.32. The largest absolute Gasteiger partial charge is 0.302 e. The molecule has 0 unspecified atom stereocenters. The van der Waals surface area contributed by atoms with Crippen molar-refractivity contribution >= 4 is 0 Å². The Hall–Kier alpha value is -1.33. The Morgan fingerprint density at radius 3 is 2.58 bits per heavy atom. The Labute approximate surface area is 118 Å². The number of unbranched alkanes of at least 4 members (excludes halogenated alkanes) is 5. The van der Waals surface area contributed by atoms with Crippen LogP contribution in [0.4, 0.5) is 0 Å². The Morgan fingerprint density at radius 2 is 1.84 bits per heavy atom. The molecule has 0 saturated carbocycles. The highest BCUT2D eigenvalue weighted by atomic mass is 15.1. The van der Waals surface area contributed by atoms with Crippen LogP contribution in [0.1, 0.15) is 56.6 Å². The number of hydrogen-bond acceptors (Lipinski definition) is 2. The predicted octanol–water partition coefficient (Wildman–Crippen LogP) is 4.35. The summed E-state index contributed by atoms with van der Waals surface area (Å²) < 4.78 is 0. The maximum Gasteiger partial charge on any atom is 0.0991 e. The van der Waals surface area contributed by atoms with Gasteiger partial charge in [0.2, 0.25) is 0 Å². The van der Waals surface area contributed by atoms with E-state index in [1.54, 1.807) is 0 Å². The molecule has 0 heterocycles.